The fourth-order valence-electron chi connectivity index (χ4n) is 4.08. The van der Waals surface area contributed by atoms with E-state index >= 15 is 0 Å². The highest BCUT2D eigenvalue weighted by Gasteiger charge is 2.09. The molecular weight excluding hydrogens is 450 g/mol. The molecule has 0 aliphatic rings. The third kappa shape index (κ3) is 10.5. The van der Waals surface area contributed by atoms with Crippen molar-refractivity contribution in [2.45, 2.75) is 70.8 Å². The first-order valence-corrected chi connectivity index (χ1v) is 13.3. The summed E-state index contributed by atoms with van der Waals surface area (Å²) in [7, 11) is 1.60. The summed E-state index contributed by atoms with van der Waals surface area (Å²) in [6.45, 7) is 1.83. The SMILES string of the molecule is COc1ccc(OC(=O)c2ccc(OCCCCCCCCCCCC[n+]3ccccc3)cc2)cc1. The molecule has 0 unspecified atom stereocenters. The van der Waals surface area contributed by atoms with Gasteiger partial charge in [0.1, 0.15) is 23.8 Å². The maximum Gasteiger partial charge on any atom is 0.343 e. The predicted octanol–water partition coefficient (Wildman–Crippen LogP) is 7.18. The third-order valence-electron chi connectivity index (χ3n) is 6.22. The van der Waals surface area contributed by atoms with Crippen LogP contribution in [-0.4, -0.2) is 19.7 Å². The van der Waals surface area contributed by atoms with Crippen LogP contribution in [0.4, 0.5) is 0 Å². The monoisotopic (exact) mass is 490 g/mol. The van der Waals surface area contributed by atoms with E-state index in [1.165, 1.54) is 57.8 Å². The molecular formula is C31H40NO4+. The smallest absolute Gasteiger partial charge is 0.343 e. The number of pyridine rings is 1. The van der Waals surface area contributed by atoms with Crippen LogP contribution in [-0.2, 0) is 6.54 Å². The summed E-state index contributed by atoms with van der Waals surface area (Å²) in [5.41, 5.74) is 0.494. The van der Waals surface area contributed by atoms with Gasteiger partial charge in [0.15, 0.2) is 12.4 Å². The van der Waals surface area contributed by atoms with E-state index in [4.69, 9.17) is 14.2 Å². The molecule has 1 aromatic heterocycles. The molecule has 3 aromatic rings. The molecule has 0 radical (unpaired) electrons. The molecule has 192 valence electrons. The van der Waals surface area contributed by atoms with Gasteiger partial charge in [0.25, 0.3) is 0 Å². The van der Waals surface area contributed by atoms with Crippen LogP contribution in [0.3, 0.4) is 0 Å². The average molecular weight is 491 g/mol. The third-order valence-corrected chi connectivity index (χ3v) is 6.22. The van der Waals surface area contributed by atoms with Gasteiger partial charge >= 0.3 is 5.97 Å². The van der Waals surface area contributed by atoms with Crippen LogP contribution < -0.4 is 18.8 Å². The number of carbonyl (C=O) groups is 1. The maximum atomic E-state index is 12.3. The summed E-state index contributed by atoms with van der Waals surface area (Å²) in [5.74, 6) is 1.59. The van der Waals surface area contributed by atoms with Crippen LogP contribution in [0.25, 0.3) is 0 Å². The molecule has 36 heavy (non-hydrogen) atoms. The van der Waals surface area contributed by atoms with E-state index in [9.17, 15) is 4.79 Å². The minimum absolute atomic E-state index is 0.391. The molecule has 0 amide bonds. The quantitative estimate of drug-likeness (QED) is 0.0870. The van der Waals surface area contributed by atoms with E-state index in [-0.39, 0.29) is 0 Å². The molecule has 0 N–H and O–H groups in total. The zero-order valence-electron chi connectivity index (χ0n) is 21.6. The van der Waals surface area contributed by atoms with Gasteiger partial charge in [-0.3, -0.25) is 0 Å². The fourth-order valence-corrected chi connectivity index (χ4v) is 4.08. The van der Waals surface area contributed by atoms with Crippen LogP contribution in [0, 0.1) is 0 Å². The molecule has 0 atom stereocenters. The summed E-state index contributed by atoms with van der Waals surface area (Å²) in [6.07, 6.45) is 17.1. The molecule has 5 heteroatoms. The molecule has 0 aliphatic carbocycles. The number of esters is 1. The van der Waals surface area contributed by atoms with Gasteiger partial charge in [0, 0.05) is 18.6 Å². The van der Waals surface area contributed by atoms with Crippen LogP contribution in [0.5, 0.6) is 17.2 Å². The Morgan fingerprint density at radius 2 is 1.17 bits per heavy atom. The zero-order valence-corrected chi connectivity index (χ0v) is 21.6. The van der Waals surface area contributed by atoms with Crippen molar-refractivity contribution in [1.29, 1.82) is 0 Å². The normalized spacial score (nSPS) is 10.7. The lowest BCUT2D eigenvalue weighted by molar-refractivity contribution is -0.697. The van der Waals surface area contributed by atoms with Gasteiger partial charge < -0.3 is 14.2 Å². The topological polar surface area (TPSA) is 48.6 Å². The van der Waals surface area contributed by atoms with Crippen LogP contribution in [0.15, 0.2) is 79.1 Å². The van der Waals surface area contributed by atoms with Crippen molar-refractivity contribution in [1.82, 2.24) is 0 Å². The first-order valence-electron chi connectivity index (χ1n) is 13.3. The van der Waals surface area contributed by atoms with Gasteiger partial charge in [-0.25, -0.2) is 9.36 Å². The standard InChI is InChI=1S/C31H40NO4/c1-34-28-19-21-30(22-20-28)36-31(33)27-15-17-29(18-16-27)35-26-14-9-7-5-3-2-4-6-8-11-23-32-24-12-10-13-25-32/h10,12-13,15-22,24-25H,2-9,11,14,23,26H2,1H3/q+1. The minimum atomic E-state index is -0.391. The Morgan fingerprint density at radius 3 is 1.78 bits per heavy atom. The van der Waals surface area contributed by atoms with Gasteiger partial charge in [0.05, 0.1) is 19.3 Å². The van der Waals surface area contributed by atoms with Gasteiger partial charge in [-0.1, -0.05) is 51.0 Å². The van der Waals surface area contributed by atoms with E-state index < -0.39 is 5.97 Å². The average Bonchev–Trinajstić information content (AvgIpc) is 2.92. The lowest BCUT2D eigenvalue weighted by Gasteiger charge is -2.08. The Kier molecular flexibility index (Phi) is 12.4. The number of carbonyl (C=O) groups excluding carboxylic acids is 1. The van der Waals surface area contributed by atoms with Gasteiger partial charge in [-0.15, -0.1) is 0 Å². The summed E-state index contributed by atoms with van der Waals surface area (Å²) in [6, 6.07) is 20.3. The molecule has 0 spiro atoms. The lowest BCUT2D eigenvalue weighted by Crippen LogP contribution is -2.32. The van der Waals surface area contributed by atoms with Crippen molar-refractivity contribution < 1.29 is 23.6 Å². The molecule has 0 saturated heterocycles. The fraction of sp³-hybridized carbons (Fsp3) is 0.419. The number of nitrogens with zero attached hydrogens (tertiary/aromatic N) is 1. The summed E-state index contributed by atoms with van der Waals surface area (Å²) in [4.78, 5) is 12.3. The maximum absolute atomic E-state index is 12.3. The summed E-state index contributed by atoms with van der Waals surface area (Å²) < 4.78 is 18.6. The largest absolute Gasteiger partial charge is 0.497 e. The molecule has 0 fully saturated rings. The Morgan fingerprint density at radius 1 is 0.639 bits per heavy atom. The molecule has 2 aromatic carbocycles. The number of methoxy groups -OCH3 is 1. The van der Waals surface area contributed by atoms with E-state index in [1.54, 1.807) is 43.5 Å². The predicted molar refractivity (Wildman–Crippen MR) is 143 cm³/mol. The Bertz CT molecular complexity index is 987. The van der Waals surface area contributed by atoms with E-state index in [0.29, 0.717) is 17.9 Å². The number of aryl methyl sites for hydroxylation is 1. The number of benzene rings is 2. The molecule has 0 saturated carbocycles. The minimum Gasteiger partial charge on any atom is -0.497 e. The second-order valence-electron chi connectivity index (χ2n) is 9.09. The second kappa shape index (κ2) is 16.4. The summed E-state index contributed by atoms with van der Waals surface area (Å²) in [5, 5.41) is 0. The highest BCUT2D eigenvalue weighted by atomic mass is 16.5. The van der Waals surface area contributed by atoms with Crippen molar-refractivity contribution in [3.8, 4) is 17.2 Å². The van der Waals surface area contributed by atoms with Crippen LogP contribution >= 0.6 is 0 Å². The van der Waals surface area contributed by atoms with Crippen molar-refractivity contribution in [3.63, 3.8) is 0 Å². The molecule has 5 nitrogen and oxygen atoms in total. The van der Waals surface area contributed by atoms with E-state index in [0.717, 1.165) is 24.5 Å². The number of aromatic nitrogens is 1. The Balaban J connectivity index is 1.16. The number of rotatable bonds is 17. The van der Waals surface area contributed by atoms with Gasteiger partial charge in [-0.05, 0) is 61.4 Å². The van der Waals surface area contributed by atoms with Gasteiger partial charge in [0.2, 0.25) is 0 Å². The van der Waals surface area contributed by atoms with Crippen molar-refractivity contribution in [3.05, 3.63) is 84.7 Å². The number of hydrogen-bond acceptors (Lipinski definition) is 4. The van der Waals surface area contributed by atoms with Crippen LogP contribution in [0.1, 0.15) is 74.6 Å². The molecule has 0 aliphatic heterocycles. The highest BCUT2D eigenvalue weighted by Crippen LogP contribution is 2.19. The number of ether oxygens (including phenoxy) is 3. The number of unbranched alkanes of at least 4 members (excludes halogenated alkanes) is 9. The van der Waals surface area contributed by atoms with Crippen molar-refractivity contribution >= 4 is 5.97 Å². The zero-order chi connectivity index (χ0) is 25.3. The molecule has 3 rings (SSSR count). The van der Waals surface area contributed by atoms with E-state index in [1.807, 2.05) is 12.1 Å². The second-order valence-corrected chi connectivity index (χ2v) is 9.09. The van der Waals surface area contributed by atoms with Crippen molar-refractivity contribution in [2.24, 2.45) is 0 Å². The van der Waals surface area contributed by atoms with Gasteiger partial charge in [-0.2, -0.15) is 0 Å². The Hall–Kier alpha value is -3.34. The van der Waals surface area contributed by atoms with E-state index in [2.05, 4.69) is 35.2 Å². The Labute approximate surface area is 216 Å². The number of hydrogen-bond donors (Lipinski definition) is 0. The highest BCUT2D eigenvalue weighted by molar-refractivity contribution is 5.91. The van der Waals surface area contributed by atoms with Crippen LogP contribution in [0.2, 0.25) is 0 Å². The first kappa shape index (κ1) is 27.3. The lowest BCUT2D eigenvalue weighted by atomic mass is 10.1. The molecule has 0 bridgehead atoms. The first-order chi connectivity index (χ1) is 17.7. The van der Waals surface area contributed by atoms with Crippen molar-refractivity contribution in [2.75, 3.05) is 13.7 Å². The molecule has 1 heterocycles. The summed E-state index contributed by atoms with van der Waals surface area (Å²) >= 11 is 0.